The second kappa shape index (κ2) is 17.7. The maximum Gasteiger partial charge on any atom is 0.348 e. The number of piperidine rings is 1. The minimum absolute atomic E-state index is 0.142. The summed E-state index contributed by atoms with van der Waals surface area (Å²) in [6.07, 6.45) is 6.74. The highest BCUT2D eigenvalue weighted by Gasteiger charge is 2.57. The van der Waals surface area contributed by atoms with Gasteiger partial charge in [0.1, 0.15) is 6.10 Å². The smallest absolute Gasteiger partial charge is 0.348 e. The zero-order valence-corrected chi connectivity index (χ0v) is 29.7. The maximum absolute atomic E-state index is 14.7. The largest absolute Gasteiger partial charge is 0.459 e. The molecule has 0 saturated carbocycles. The van der Waals surface area contributed by atoms with Gasteiger partial charge in [-0.15, -0.1) is 0 Å². The molecule has 9 heteroatoms. The van der Waals surface area contributed by atoms with Crippen LogP contribution in [-0.4, -0.2) is 60.7 Å². The Kier molecular flexibility index (Phi) is 12.8. The number of ether oxygens (including phenoxy) is 2. The number of rotatable bonds is 14. The lowest BCUT2D eigenvalue weighted by molar-refractivity contribution is -0.956. The first-order chi connectivity index (χ1) is 24.7. The van der Waals surface area contributed by atoms with E-state index in [9.17, 15) is 4.79 Å². The van der Waals surface area contributed by atoms with Gasteiger partial charge in [-0.2, -0.15) is 0 Å². The molecule has 0 amide bonds. The van der Waals surface area contributed by atoms with Crippen LogP contribution in [0.1, 0.15) is 60.8 Å². The van der Waals surface area contributed by atoms with Crippen molar-refractivity contribution in [3.63, 3.8) is 0 Å². The van der Waals surface area contributed by atoms with Gasteiger partial charge >= 0.3 is 14.6 Å². The SMILES string of the molecule is CO.O=C(OC1CC2CCC(C1)[N+]21CCCC1)C(OCOP(OCc1ccccc1)OCc1ccccc1)(c1ccccc1)c1ccccc1. The Bertz CT molecular complexity index is 1490. The van der Waals surface area contributed by atoms with E-state index in [1.165, 1.54) is 43.3 Å². The molecule has 0 aliphatic carbocycles. The van der Waals surface area contributed by atoms with Crippen molar-refractivity contribution in [1.82, 2.24) is 0 Å². The zero-order valence-electron chi connectivity index (χ0n) is 28.8. The van der Waals surface area contributed by atoms with Gasteiger partial charge in [0.15, 0.2) is 6.79 Å². The lowest BCUT2D eigenvalue weighted by atomic mass is 9.85. The Balaban J connectivity index is 0.00000212. The number of aliphatic hydroxyl groups excluding tert-OH is 1. The lowest BCUT2D eigenvalue weighted by Crippen LogP contribution is -2.60. The molecule has 8 nitrogen and oxygen atoms in total. The van der Waals surface area contributed by atoms with Crippen LogP contribution >= 0.6 is 8.60 Å². The maximum atomic E-state index is 14.7. The molecule has 3 saturated heterocycles. The topological polar surface area (TPSA) is 83.5 Å². The molecule has 0 aromatic heterocycles. The van der Waals surface area contributed by atoms with Gasteiger partial charge < -0.3 is 28.1 Å². The molecule has 50 heavy (non-hydrogen) atoms. The van der Waals surface area contributed by atoms with Crippen molar-refractivity contribution >= 4 is 14.6 Å². The second-order valence-corrected chi connectivity index (χ2v) is 14.4. The van der Waals surface area contributed by atoms with Crippen LogP contribution in [0.2, 0.25) is 0 Å². The van der Waals surface area contributed by atoms with Crippen LogP contribution in [-0.2, 0) is 46.7 Å². The highest BCUT2D eigenvalue weighted by Crippen LogP contribution is 2.48. The van der Waals surface area contributed by atoms with E-state index in [1.54, 1.807) is 0 Å². The Morgan fingerprint density at radius 1 is 0.680 bits per heavy atom. The summed E-state index contributed by atoms with van der Waals surface area (Å²) < 4.78 is 33.0. The van der Waals surface area contributed by atoms with Crippen molar-refractivity contribution in [1.29, 1.82) is 0 Å². The van der Waals surface area contributed by atoms with Gasteiger partial charge in [0, 0.05) is 45.6 Å². The summed E-state index contributed by atoms with van der Waals surface area (Å²) in [6, 6.07) is 40.2. The minimum Gasteiger partial charge on any atom is -0.459 e. The third-order valence-electron chi connectivity index (χ3n) is 10.5. The van der Waals surface area contributed by atoms with E-state index in [-0.39, 0.29) is 12.9 Å². The molecule has 2 atom stereocenters. The van der Waals surface area contributed by atoms with Crippen LogP contribution < -0.4 is 0 Å². The summed E-state index contributed by atoms with van der Waals surface area (Å²) in [6.45, 7) is 2.93. The molecule has 3 heterocycles. The molecule has 7 rings (SSSR count). The molecule has 3 aliphatic heterocycles. The molecule has 3 aliphatic rings. The molecule has 1 spiro atoms. The first-order valence-corrected chi connectivity index (χ1v) is 18.8. The summed E-state index contributed by atoms with van der Waals surface area (Å²) in [5.41, 5.74) is 1.84. The predicted octanol–water partition coefficient (Wildman–Crippen LogP) is 8.04. The van der Waals surface area contributed by atoms with Crippen LogP contribution in [0.3, 0.4) is 0 Å². The van der Waals surface area contributed by atoms with Crippen LogP contribution in [0, 0.1) is 0 Å². The fourth-order valence-electron chi connectivity index (χ4n) is 8.19. The Hall–Kier alpha value is -3.46. The third-order valence-corrected chi connectivity index (χ3v) is 11.5. The number of hydrogen-bond acceptors (Lipinski definition) is 7. The highest BCUT2D eigenvalue weighted by molar-refractivity contribution is 7.41. The number of carbonyl (C=O) groups is 1. The monoisotopic (exact) mass is 698 g/mol. The fraction of sp³-hybridized carbons (Fsp3) is 0.390. The number of nitrogens with zero attached hydrogens (tertiary/aromatic N) is 1. The van der Waals surface area contributed by atoms with E-state index in [2.05, 4.69) is 0 Å². The number of aliphatic hydroxyl groups is 1. The van der Waals surface area contributed by atoms with Gasteiger partial charge in [-0.05, 0) is 22.3 Å². The number of quaternary nitrogens is 1. The van der Waals surface area contributed by atoms with E-state index < -0.39 is 20.2 Å². The van der Waals surface area contributed by atoms with Gasteiger partial charge in [0.05, 0.1) is 38.4 Å². The quantitative estimate of drug-likeness (QED) is 0.0618. The van der Waals surface area contributed by atoms with Crippen molar-refractivity contribution in [2.45, 2.75) is 75.5 Å². The molecule has 1 N–H and O–H groups in total. The average Bonchev–Trinajstić information content (AvgIpc) is 3.73. The van der Waals surface area contributed by atoms with Gasteiger partial charge in [-0.1, -0.05) is 121 Å². The summed E-state index contributed by atoms with van der Waals surface area (Å²) in [5.74, 6) is -0.414. The Morgan fingerprint density at radius 2 is 1.12 bits per heavy atom. The van der Waals surface area contributed by atoms with Gasteiger partial charge in [0.25, 0.3) is 0 Å². The number of benzene rings is 4. The van der Waals surface area contributed by atoms with E-state index in [0.29, 0.717) is 36.4 Å². The molecule has 4 aromatic rings. The summed E-state index contributed by atoms with van der Waals surface area (Å²) >= 11 is 0. The Labute approximate surface area is 297 Å². The normalized spacial score (nSPS) is 20.7. The molecule has 4 aromatic carbocycles. The van der Waals surface area contributed by atoms with E-state index in [1.807, 2.05) is 121 Å². The van der Waals surface area contributed by atoms with Crippen LogP contribution in [0.4, 0.5) is 0 Å². The standard InChI is InChI=1S/C40H45NO6P.CH4O/c42-39(47-38-27-36-23-24-37(28-38)41(36)25-13-14-26-41)40(34-19-9-3-10-20-34,35-21-11-4-12-22-35)43-31-46-48(44-29-32-15-5-1-6-16-32)45-30-33-17-7-2-8-18-33;1-2/h1-12,15-22,36-38H,13-14,23-31H2;2H,1H3/q+1;. The third kappa shape index (κ3) is 8.19. The van der Waals surface area contributed by atoms with Gasteiger partial charge in [-0.3, -0.25) is 4.52 Å². The summed E-state index contributed by atoms with van der Waals surface area (Å²) in [7, 11) is -0.826. The molecular weight excluding hydrogens is 649 g/mol. The van der Waals surface area contributed by atoms with Crippen LogP contribution in [0.25, 0.3) is 0 Å². The zero-order chi connectivity index (χ0) is 34.7. The fourth-order valence-corrected chi connectivity index (χ4v) is 9.06. The molecule has 264 valence electrons. The minimum atomic E-state index is -1.83. The molecule has 3 fully saturated rings. The van der Waals surface area contributed by atoms with Gasteiger partial charge in [-0.25, -0.2) is 4.79 Å². The molecule has 0 radical (unpaired) electrons. The first-order valence-electron chi connectivity index (χ1n) is 17.7. The average molecular weight is 699 g/mol. The van der Waals surface area contributed by atoms with Crippen LogP contribution in [0.15, 0.2) is 121 Å². The number of hydrogen-bond donors (Lipinski definition) is 1. The van der Waals surface area contributed by atoms with Crippen molar-refractivity contribution in [2.75, 3.05) is 27.0 Å². The van der Waals surface area contributed by atoms with Crippen molar-refractivity contribution in [2.24, 2.45) is 0 Å². The summed E-state index contributed by atoms with van der Waals surface area (Å²) in [5, 5.41) is 7.00. The lowest BCUT2D eigenvalue weighted by Gasteiger charge is -2.47. The van der Waals surface area contributed by atoms with Crippen molar-refractivity contribution < 1.29 is 37.4 Å². The highest BCUT2D eigenvalue weighted by atomic mass is 31.2. The van der Waals surface area contributed by atoms with Crippen molar-refractivity contribution in [3.8, 4) is 0 Å². The van der Waals surface area contributed by atoms with Crippen LogP contribution in [0.5, 0.6) is 0 Å². The first kappa shape index (κ1) is 36.3. The number of carbonyl (C=O) groups excluding carboxylic acids is 1. The van der Waals surface area contributed by atoms with E-state index in [4.69, 9.17) is 28.2 Å². The second-order valence-electron chi connectivity index (χ2n) is 13.2. The van der Waals surface area contributed by atoms with E-state index in [0.717, 1.165) is 31.1 Å². The predicted molar refractivity (Wildman–Crippen MR) is 193 cm³/mol. The van der Waals surface area contributed by atoms with E-state index >= 15 is 0 Å². The number of esters is 1. The van der Waals surface area contributed by atoms with Crippen molar-refractivity contribution in [3.05, 3.63) is 144 Å². The Morgan fingerprint density at radius 3 is 1.58 bits per heavy atom. The molecular formula is C41H49NO7P+. The van der Waals surface area contributed by atoms with Gasteiger partial charge in [0.2, 0.25) is 5.60 Å². The molecule has 2 unspecified atom stereocenters. The molecule has 2 bridgehead atoms. The summed E-state index contributed by atoms with van der Waals surface area (Å²) in [4.78, 5) is 14.7.